The Morgan fingerprint density at radius 2 is 1.86 bits per heavy atom. The molecule has 1 saturated heterocycles. The van der Waals surface area contributed by atoms with Gasteiger partial charge in [0.05, 0.1) is 5.69 Å². The minimum atomic E-state index is -0.376. The topological polar surface area (TPSA) is 71.0 Å². The maximum atomic E-state index is 13.1. The van der Waals surface area contributed by atoms with Gasteiger partial charge in [-0.05, 0) is 61.4 Å². The van der Waals surface area contributed by atoms with Gasteiger partial charge in [-0.1, -0.05) is 11.6 Å². The van der Waals surface area contributed by atoms with Gasteiger partial charge in [0.15, 0.2) is 0 Å². The number of nitrogens with zero attached hydrogens (tertiary/aromatic N) is 3. The van der Waals surface area contributed by atoms with Crippen LogP contribution in [0.25, 0.3) is 5.69 Å². The summed E-state index contributed by atoms with van der Waals surface area (Å²) < 4.78 is 14.4. The highest BCUT2D eigenvalue weighted by atomic mass is 35.5. The van der Waals surface area contributed by atoms with Crippen LogP contribution in [0, 0.1) is 5.82 Å². The van der Waals surface area contributed by atoms with Crippen molar-refractivity contribution in [3.63, 3.8) is 0 Å². The molecule has 0 radical (unpaired) electrons. The zero-order valence-electron chi connectivity index (χ0n) is 14.9. The molecule has 1 amide bonds. The third kappa shape index (κ3) is 3.71. The molecular weight excluding hydrogens is 383 g/mol. The first kappa shape index (κ1) is 18.4. The van der Waals surface area contributed by atoms with Crippen molar-refractivity contribution in [3.05, 3.63) is 81.2 Å². The number of hydrogen-bond donors (Lipinski definition) is 1. The molecule has 0 aliphatic carbocycles. The average molecular weight is 401 g/mol. The number of piperidine rings is 1. The normalized spacial score (nSPS) is 16.9. The van der Waals surface area contributed by atoms with Gasteiger partial charge < -0.3 is 4.90 Å². The first-order chi connectivity index (χ1) is 13.5. The van der Waals surface area contributed by atoms with Gasteiger partial charge in [0.1, 0.15) is 11.6 Å². The molecule has 4 rings (SSSR count). The summed E-state index contributed by atoms with van der Waals surface area (Å²) in [5.41, 5.74) is 0.730. The number of carbonyl (C=O) groups is 1. The third-order valence-corrected chi connectivity index (χ3v) is 5.14. The van der Waals surface area contributed by atoms with Crippen molar-refractivity contribution >= 4 is 17.5 Å². The number of amides is 1. The second-order valence-electron chi connectivity index (χ2n) is 6.80. The Kier molecular flexibility index (Phi) is 5.00. The van der Waals surface area contributed by atoms with E-state index in [1.54, 1.807) is 29.2 Å². The fourth-order valence-electron chi connectivity index (χ4n) is 3.44. The van der Waals surface area contributed by atoms with E-state index in [1.807, 2.05) is 0 Å². The van der Waals surface area contributed by atoms with Gasteiger partial charge >= 0.3 is 5.69 Å². The van der Waals surface area contributed by atoms with Gasteiger partial charge in [0.25, 0.3) is 5.91 Å². The van der Waals surface area contributed by atoms with Crippen LogP contribution in [0.5, 0.6) is 0 Å². The van der Waals surface area contributed by atoms with Gasteiger partial charge in [0, 0.05) is 29.6 Å². The summed E-state index contributed by atoms with van der Waals surface area (Å²) in [7, 11) is 0. The molecule has 1 aliphatic heterocycles. The second kappa shape index (κ2) is 7.59. The number of rotatable bonds is 3. The Balaban J connectivity index is 1.54. The number of likely N-dealkylation sites (tertiary alicyclic amines) is 1. The summed E-state index contributed by atoms with van der Waals surface area (Å²) >= 11 is 5.90. The monoisotopic (exact) mass is 400 g/mol. The maximum Gasteiger partial charge on any atom is 0.348 e. The van der Waals surface area contributed by atoms with E-state index in [0.29, 0.717) is 35.2 Å². The summed E-state index contributed by atoms with van der Waals surface area (Å²) in [4.78, 5) is 29.6. The van der Waals surface area contributed by atoms with Crippen LogP contribution in [0.2, 0.25) is 5.02 Å². The Hall–Kier alpha value is -2.93. The largest absolute Gasteiger partial charge is 0.348 e. The molecule has 28 heavy (non-hydrogen) atoms. The van der Waals surface area contributed by atoms with E-state index in [2.05, 4.69) is 10.1 Å². The van der Waals surface area contributed by atoms with Gasteiger partial charge in [-0.3, -0.25) is 9.78 Å². The number of hydrogen-bond acceptors (Lipinski definition) is 3. The van der Waals surface area contributed by atoms with Crippen LogP contribution < -0.4 is 5.69 Å². The van der Waals surface area contributed by atoms with Gasteiger partial charge in [-0.15, -0.1) is 5.10 Å². The number of aromatic amines is 1. The lowest BCUT2D eigenvalue weighted by Gasteiger charge is -2.31. The second-order valence-corrected chi connectivity index (χ2v) is 7.24. The molecule has 0 spiro atoms. The molecule has 2 heterocycles. The number of benzene rings is 2. The highest BCUT2D eigenvalue weighted by molar-refractivity contribution is 6.30. The third-order valence-electron chi connectivity index (χ3n) is 4.89. The Bertz CT molecular complexity index is 1040. The van der Waals surface area contributed by atoms with Crippen molar-refractivity contribution in [3.8, 4) is 5.69 Å². The predicted octanol–water partition coefficient (Wildman–Crippen LogP) is 3.37. The van der Waals surface area contributed by atoms with E-state index >= 15 is 0 Å². The Morgan fingerprint density at radius 1 is 1.14 bits per heavy atom. The molecule has 144 valence electrons. The molecule has 8 heteroatoms. The van der Waals surface area contributed by atoms with Crippen LogP contribution in [0.4, 0.5) is 4.39 Å². The highest BCUT2D eigenvalue weighted by Crippen LogP contribution is 2.25. The molecule has 6 nitrogen and oxygen atoms in total. The van der Waals surface area contributed by atoms with E-state index in [4.69, 9.17) is 11.6 Å². The van der Waals surface area contributed by atoms with Crippen molar-refractivity contribution in [1.29, 1.82) is 0 Å². The van der Waals surface area contributed by atoms with Crippen LogP contribution in [-0.2, 0) is 0 Å². The van der Waals surface area contributed by atoms with Crippen molar-refractivity contribution in [1.82, 2.24) is 19.7 Å². The van der Waals surface area contributed by atoms with Gasteiger partial charge in [0.2, 0.25) is 0 Å². The number of halogens is 2. The Morgan fingerprint density at radius 3 is 2.57 bits per heavy atom. The number of carbonyl (C=O) groups excluding carboxylic acids is 1. The molecule has 0 saturated carbocycles. The lowest BCUT2D eigenvalue weighted by atomic mass is 9.97. The molecule has 0 bridgehead atoms. The minimum absolute atomic E-state index is 0.0700. The molecular formula is C20H18ClFN4O2. The summed E-state index contributed by atoms with van der Waals surface area (Å²) in [6.45, 7) is 1.07. The molecule has 1 N–H and O–H groups in total. The van der Waals surface area contributed by atoms with Crippen molar-refractivity contribution < 1.29 is 9.18 Å². The van der Waals surface area contributed by atoms with Crippen LogP contribution in [-0.4, -0.2) is 38.7 Å². The molecule has 1 aliphatic rings. The van der Waals surface area contributed by atoms with Crippen LogP contribution >= 0.6 is 11.6 Å². The maximum absolute atomic E-state index is 13.1. The lowest BCUT2D eigenvalue weighted by Crippen LogP contribution is -2.39. The SMILES string of the molecule is O=C(c1ccc(F)cc1)N1CCCC(c2nn(-c3ccc(Cl)cc3)c(=O)[nH]2)C1. The fraction of sp³-hybridized carbons (Fsp3) is 0.250. The average Bonchev–Trinajstić information content (AvgIpc) is 3.10. The molecule has 1 atom stereocenters. The van der Waals surface area contributed by atoms with E-state index in [9.17, 15) is 14.0 Å². The summed E-state index contributed by atoms with van der Waals surface area (Å²) in [6.07, 6.45) is 1.62. The number of H-pyrrole nitrogens is 1. The van der Waals surface area contributed by atoms with E-state index < -0.39 is 0 Å². The fourth-order valence-corrected chi connectivity index (χ4v) is 3.57. The van der Waals surface area contributed by atoms with E-state index in [-0.39, 0.29) is 23.3 Å². The summed E-state index contributed by atoms with van der Waals surface area (Å²) in [5, 5.41) is 5.01. The van der Waals surface area contributed by atoms with Crippen LogP contribution in [0.1, 0.15) is 34.9 Å². The van der Waals surface area contributed by atoms with Crippen LogP contribution in [0.15, 0.2) is 53.3 Å². The van der Waals surface area contributed by atoms with Crippen LogP contribution in [0.3, 0.4) is 0 Å². The quantitative estimate of drug-likeness (QED) is 0.732. The summed E-state index contributed by atoms with van der Waals surface area (Å²) in [6, 6.07) is 12.4. The zero-order valence-corrected chi connectivity index (χ0v) is 15.7. The standard InChI is InChI=1S/C20H18ClFN4O2/c21-15-5-9-17(10-6-15)26-20(28)23-18(24-26)14-2-1-11-25(12-14)19(27)13-3-7-16(22)8-4-13/h3-10,14H,1-2,11-12H2,(H,23,24,28). The van der Waals surface area contributed by atoms with E-state index in [0.717, 1.165) is 12.8 Å². The molecule has 1 fully saturated rings. The number of aromatic nitrogens is 3. The molecule has 2 aromatic carbocycles. The molecule has 1 unspecified atom stereocenters. The van der Waals surface area contributed by atoms with Crippen molar-refractivity contribution in [2.45, 2.75) is 18.8 Å². The first-order valence-electron chi connectivity index (χ1n) is 9.01. The number of nitrogens with one attached hydrogen (secondary N) is 1. The Labute approximate surface area is 165 Å². The molecule has 3 aromatic rings. The van der Waals surface area contributed by atoms with Gasteiger partial charge in [-0.25, -0.2) is 9.18 Å². The molecule has 1 aromatic heterocycles. The lowest BCUT2D eigenvalue weighted by molar-refractivity contribution is 0.0704. The summed E-state index contributed by atoms with van der Waals surface area (Å²) in [5.74, 6) is -0.0430. The highest BCUT2D eigenvalue weighted by Gasteiger charge is 2.28. The van der Waals surface area contributed by atoms with Crippen molar-refractivity contribution in [2.24, 2.45) is 0 Å². The zero-order chi connectivity index (χ0) is 19.7. The van der Waals surface area contributed by atoms with Gasteiger partial charge in [-0.2, -0.15) is 4.68 Å². The van der Waals surface area contributed by atoms with E-state index in [1.165, 1.54) is 28.9 Å². The smallest absolute Gasteiger partial charge is 0.338 e. The predicted molar refractivity (Wildman–Crippen MR) is 103 cm³/mol. The minimum Gasteiger partial charge on any atom is -0.338 e. The first-order valence-corrected chi connectivity index (χ1v) is 9.39. The van der Waals surface area contributed by atoms with Crippen molar-refractivity contribution in [2.75, 3.05) is 13.1 Å².